The van der Waals surface area contributed by atoms with Gasteiger partial charge in [0.15, 0.2) is 0 Å². The molecular weight excluding hydrogens is 361 g/mol. The fourth-order valence-electron chi connectivity index (χ4n) is 2.70. The second-order valence-corrected chi connectivity index (χ2v) is 6.75. The Morgan fingerprint density at radius 3 is 2.30 bits per heavy atom. The molecule has 1 aromatic heterocycles. The van der Waals surface area contributed by atoms with Crippen molar-refractivity contribution in [2.24, 2.45) is 5.41 Å². The zero-order valence-electron chi connectivity index (χ0n) is 12.2. The first kappa shape index (κ1) is 20.1. The van der Waals surface area contributed by atoms with Gasteiger partial charge in [-0.3, -0.25) is 4.90 Å². The first-order valence-electron chi connectivity index (χ1n) is 6.56. The molecule has 2 rings (SSSR count). The Bertz CT molecular complexity index is 404. The molecule has 0 unspecified atom stereocenters. The minimum Gasteiger partial charge on any atom is -0.314 e. The molecule has 1 N–H and O–H groups in total. The summed E-state index contributed by atoms with van der Waals surface area (Å²) >= 11 is 3.48. The highest BCUT2D eigenvalue weighted by molar-refractivity contribution is 9.10. The van der Waals surface area contributed by atoms with Crippen LogP contribution in [0.4, 0.5) is 0 Å². The highest BCUT2D eigenvalue weighted by atomic mass is 79.9. The van der Waals surface area contributed by atoms with Gasteiger partial charge in [-0.15, -0.1) is 24.8 Å². The largest absolute Gasteiger partial charge is 0.314 e. The summed E-state index contributed by atoms with van der Waals surface area (Å²) in [7, 11) is 0. The summed E-state index contributed by atoms with van der Waals surface area (Å²) in [5.74, 6) is 0. The first-order valence-corrected chi connectivity index (χ1v) is 7.35. The van der Waals surface area contributed by atoms with Crippen LogP contribution in [-0.4, -0.2) is 36.1 Å². The Balaban J connectivity index is 0.00000180. The van der Waals surface area contributed by atoms with Gasteiger partial charge in [0.05, 0.1) is 11.7 Å². The minimum absolute atomic E-state index is 0. The summed E-state index contributed by atoms with van der Waals surface area (Å²) in [6.07, 6.45) is 0. The molecule has 1 fully saturated rings. The zero-order chi connectivity index (χ0) is 13.2. The number of hydrogen-bond donors (Lipinski definition) is 1. The van der Waals surface area contributed by atoms with Crippen LogP contribution in [0.1, 0.15) is 32.5 Å². The molecule has 1 atom stereocenters. The maximum absolute atomic E-state index is 4.67. The van der Waals surface area contributed by atoms with E-state index in [1.807, 2.05) is 6.07 Å². The second-order valence-electron chi connectivity index (χ2n) is 5.94. The van der Waals surface area contributed by atoms with E-state index in [-0.39, 0.29) is 30.2 Å². The highest BCUT2D eigenvalue weighted by Gasteiger charge is 2.33. The van der Waals surface area contributed by atoms with E-state index in [0.29, 0.717) is 6.04 Å². The van der Waals surface area contributed by atoms with E-state index in [1.54, 1.807) is 0 Å². The molecule has 0 aromatic carbocycles. The molecule has 1 aromatic rings. The average Bonchev–Trinajstić information content (AvgIpc) is 2.28. The van der Waals surface area contributed by atoms with Crippen LogP contribution >= 0.6 is 40.7 Å². The number of nitrogens with one attached hydrogen (secondary N) is 1. The number of nitrogens with zero attached hydrogens (tertiary/aromatic N) is 2. The van der Waals surface area contributed by atoms with Crippen molar-refractivity contribution in [3.05, 3.63) is 28.5 Å². The van der Waals surface area contributed by atoms with Gasteiger partial charge < -0.3 is 5.32 Å². The molecule has 0 amide bonds. The van der Waals surface area contributed by atoms with Crippen LogP contribution < -0.4 is 5.32 Å². The molecule has 0 saturated carbocycles. The highest BCUT2D eigenvalue weighted by Crippen LogP contribution is 2.37. The molecule has 0 radical (unpaired) electrons. The third-order valence-electron chi connectivity index (χ3n) is 3.35. The fraction of sp³-hybridized carbons (Fsp3) is 0.643. The predicted octanol–water partition coefficient (Wildman–Crippen LogP) is 3.68. The van der Waals surface area contributed by atoms with E-state index in [1.165, 1.54) is 5.69 Å². The van der Waals surface area contributed by atoms with Crippen LogP contribution in [0, 0.1) is 5.41 Å². The van der Waals surface area contributed by atoms with Crippen molar-refractivity contribution in [2.45, 2.75) is 26.8 Å². The van der Waals surface area contributed by atoms with E-state index in [0.717, 1.165) is 30.8 Å². The lowest BCUT2D eigenvalue weighted by Crippen LogP contribution is -2.48. The first-order chi connectivity index (χ1) is 8.48. The van der Waals surface area contributed by atoms with Gasteiger partial charge in [0.2, 0.25) is 0 Å². The summed E-state index contributed by atoms with van der Waals surface area (Å²) in [6.45, 7) is 11.2. The van der Waals surface area contributed by atoms with Crippen LogP contribution in [0.3, 0.4) is 0 Å². The molecule has 2 heterocycles. The van der Waals surface area contributed by atoms with E-state index in [4.69, 9.17) is 0 Å². The van der Waals surface area contributed by atoms with Gasteiger partial charge in [0, 0.05) is 26.2 Å². The van der Waals surface area contributed by atoms with E-state index in [9.17, 15) is 0 Å². The van der Waals surface area contributed by atoms with E-state index < -0.39 is 0 Å². The molecule has 1 aliphatic rings. The predicted molar refractivity (Wildman–Crippen MR) is 93.1 cm³/mol. The van der Waals surface area contributed by atoms with Gasteiger partial charge in [0.1, 0.15) is 4.60 Å². The maximum Gasteiger partial charge on any atom is 0.106 e. The lowest BCUT2D eigenvalue weighted by Gasteiger charge is -2.42. The Kier molecular flexibility index (Phi) is 8.60. The van der Waals surface area contributed by atoms with Crippen molar-refractivity contribution in [1.82, 2.24) is 15.2 Å². The number of rotatable bonds is 2. The molecule has 3 nitrogen and oxygen atoms in total. The summed E-state index contributed by atoms with van der Waals surface area (Å²) in [6, 6.07) is 6.58. The molecule has 20 heavy (non-hydrogen) atoms. The van der Waals surface area contributed by atoms with Crippen molar-refractivity contribution in [2.75, 3.05) is 26.2 Å². The number of piperazine rings is 1. The van der Waals surface area contributed by atoms with Gasteiger partial charge in [0.25, 0.3) is 0 Å². The van der Waals surface area contributed by atoms with Crippen LogP contribution in [0.15, 0.2) is 22.8 Å². The van der Waals surface area contributed by atoms with Crippen LogP contribution in [-0.2, 0) is 0 Å². The second kappa shape index (κ2) is 8.54. The Labute approximate surface area is 142 Å². The fourth-order valence-corrected chi connectivity index (χ4v) is 3.05. The molecule has 0 spiro atoms. The minimum atomic E-state index is 0. The number of hydrogen-bond acceptors (Lipinski definition) is 3. The van der Waals surface area contributed by atoms with Gasteiger partial charge in [-0.2, -0.15) is 0 Å². The van der Waals surface area contributed by atoms with Gasteiger partial charge in [-0.05, 0) is 33.5 Å². The van der Waals surface area contributed by atoms with Crippen LogP contribution in [0.5, 0.6) is 0 Å². The number of pyridine rings is 1. The summed E-state index contributed by atoms with van der Waals surface area (Å²) in [4.78, 5) is 7.22. The molecule has 6 heteroatoms. The standard InChI is InChI=1S/C14H22BrN3.2ClH/c1-14(2,3)13(18-9-7-16-8-10-18)11-5-4-6-12(15)17-11;;/h4-6,13,16H,7-10H2,1-3H3;2*1H/t13-;;/m1../s1. The Morgan fingerprint density at radius 1 is 1.20 bits per heavy atom. The van der Waals surface area contributed by atoms with Gasteiger partial charge >= 0.3 is 0 Å². The van der Waals surface area contributed by atoms with Crippen molar-refractivity contribution < 1.29 is 0 Å². The van der Waals surface area contributed by atoms with Crippen molar-refractivity contribution in [1.29, 1.82) is 0 Å². The topological polar surface area (TPSA) is 28.2 Å². The van der Waals surface area contributed by atoms with E-state index >= 15 is 0 Å². The molecule has 116 valence electrons. The van der Waals surface area contributed by atoms with Gasteiger partial charge in [-0.1, -0.05) is 26.8 Å². The Hall–Kier alpha value is 0.130. The normalized spacial score (nSPS) is 17.8. The SMILES string of the molecule is CC(C)(C)[C@@H](c1cccc(Br)n1)N1CCNCC1.Cl.Cl. The average molecular weight is 385 g/mol. The van der Waals surface area contributed by atoms with Crippen molar-refractivity contribution in [3.8, 4) is 0 Å². The zero-order valence-corrected chi connectivity index (χ0v) is 15.4. The molecule has 0 aliphatic carbocycles. The number of aromatic nitrogens is 1. The molecule has 1 aliphatic heterocycles. The lowest BCUT2D eigenvalue weighted by molar-refractivity contribution is 0.0830. The quantitative estimate of drug-likeness (QED) is 0.788. The third-order valence-corrected chi connectivity index (χ3v) is 3.80. The van der Waals surface area contributed by atoms with Crippen molar-refractivity contribution in [3.63, 3.8) is 0 Å². The molecular formula is C14H24BrCl2N3. The Morgan fingerprint density at radius 2 is 1.80 bits per heavy atom. The summed E-state index contributed by atoms with van der Waals surface area (Å²) in [5.41, 5.74) is 1.35. The van der Waals surface area contributed by atoms with Crippen molar-refractivity contribution >= 4 is 40.7 Å². The summed E-state index contributed by atoms with van der Waals surface area (Å²) < 4.78 is 0.921. The molecule has 0 bridgehead atoms. The summed E-state index contributed by atoms with van der Waals surface area (Å²) in [5, 5.41) is 3.41. The third kappa shape index (κ3) is 5.15. The van der Waals surface area contributed by atoms with E-state index in [2.05, 4.69) is 64.0 Å². The van der Waals surface area contributed by atoms with Crippen LogP contribution in [0.2, 0.25) is 0 Å². The van der Waals surface area contributed by atoms with Gasteiger partial charge in [-0.25, -0.2) is 4.98 Å². The lowest BCUT2D eigenvalue weighted by atomic mass is 9.83. The maximum atomic E-state index is 4.67. The monoisotopic (exact) mass is 383 g/mol. The van der Waals surface area contributed by atoms with Crippen LogP contribution in [0.25, 0.3) is 0 Å². The molecule has 1 saturated heterocycles. The number of halogens is 3. The smallest absolute Gasteiger partial charge is 0.106 e.